The maximum atomic E-state index is 11.5. The summed E-state index contributed by atoms with van der Waals surface area (Å²) in [5, 5.41) is 7.82. The molecule has 0 aliphatic rings. The van der Waals surface area contributed by atoms with Crippen molar-refractivity contribution in [1.82, 2.24) is 9.78 Å². The zero-order chi connectivity index (χ0) is 15.2. The van der Waals surface area contributed by atoms with Crippen LogP contribution in [0.4, 0.5) is 5.69 Å². The van der Waals surface area contributed by atoms with E-state index in [-0.39, 0.29) is 5.78 Å². The highest BCUT2D eigenvalue weighted by Crippen LogP contribution is 2.11. The molecule has 0 fully saturated rings. The van der Waals surface area contributed by atoms with E-state index in [1.165, 1.54) is 5.69 Å². The molecule has 0 amide bonds. The van der Waals surface area contributed by atoms with Gasteiger partial charge < -0.3 is 5.32 Å². The number of aromatic nitrogens is 2. The Morgan fingerprint density at radius 1 is 1.24 bits per heavy atom. The molecule has 0 saturated heterocycles. The van der Waals surface area contributed by atoms with Crippen LogP contribution < -0.4 is 5.32 Å². The van der Waals surface area contributed by atoms with E-state index in [0.717, 1.165) is 36.5 Å². The van der Waals surface area contributed by atoms with Crippen LogP contribution in [-0.4, -0.2) is 22.1 Å². The van der Waals surface area contributed by atoms with E-state index in [0.29, 0.717) is 6.42 Å². The van der Waals surface area contributed by atoms with Crippen molar-refractivity contribution < 1.29 is 4.79 Å². The van der Waals surface area contributed by atoms with E-state index in [4.69, 9.17) is 0 Å². The van der Waals surface area contributed by atoms with Gasteiger partial charge in [-0.05, 0) is 50.6 Å². The number of carbonyl (C=O) groups excluding carboxylic acids is 1. The van der Waals surface area contributed by atoms with Crippen LogP contribution in [0.3, 0.4) is 0 Å². The topological polar surface area (TPSA) is 46.9 Å². The zero-order valence-corrected chi connectivity index (χ0v) is 13.0. The third-order valence-electron chi connectivity index (χ3n) is 3.51. The first kappa shape index (κ1) is 15.3. The minimum Gasteiger partial charge on any atom is -0.385 e. The molecule has 4 heteroatoms. The van der Waals surface area contributed by atoms with Crippen molar-refractivity contribution in [2.24, 2.45) is 0 Å². The Hall–Kier alpha value is -2.10. The monoisotopic (exact) mass is 285 g/mol. The fourth-order valence-corrected chi connectivity index (χ4v) is 2.34. The summed E-state index contributed by atoms with van der Waals surface area (Å²) in [5.41, 5.74) is 4.10. The van der Waals surface area contributed by atoms with E-state index in [1.807, 2.05) is 42.8 Å². The molecule has 2 rings (SSSR count). The van der Waals surface area contributed by atoms with Crippen LogP contribution in [0.5, 0.6) is 0 Å². The van der Waals surface area contributed by atoms with Crippen LogP contribution >= 0.6 is 0 Å². The number of benzene rings is 1. The molecule has 1 aromatic heterocycles. The van der Waals surface area contributed by atoms with Crippen LogP contribution in [0.15, 0.2) is 30.3 Å². The summed E-state index contributed by atoms with van der Waals surface area (Å²) in [4.78, 5) is 11.5. The largest absolute Gasteiger partial charge is 0.385 e. The molecule has 0 bridgehead atoms. The van der Waals surface area contributed by atoms with Gasteiger partial charge in [-0.2, -0.15) is 5.10 Å². The van der Waals surface area contributed by atoms with Crippen molar-refractivity contribution in [2.75, 3.05) is 11.9 Å². The molecule has 0 saturated carbocycles. The predicted molar refractivity (Wildman–Crippen MR) is 85.9 cm³/mol. The fourth-order valence-electron chi connectivity index (χ4n) is 2.34. The number of Topliss-reactive ketones (excluding diaryl/α,β-unsaturated/α-hetero) is 1. The Morgan fingerprint density at radius 2 is 1.95 bits per heavy atom. The number of carbonyl (C=O) groups is 1. The number of hydrogen-bond donors (Lipinski definition) is 1. The lowest BCUT2D eigenvalue weighted by molar-refractivity contribution is 0.0988. The van der Waals surface area contributed by atoms with Crippen molar-refractivity contribution in [3.05, 3.63) is 47.3 Å². The summed E-state index contributed by atoms with van der Waals surface area (Å²) in [6.07, 6.45) is 1.56. The summed E-state index contributed by atoms with van der Waals surface area (Å²) >= 11 is 0. The molecule has 21 heavy (non-hydrogen) atoms. The van der Waals surface area contributed by atoms with Gasteiger partial charge in [0.1, 0.15) is 0 Å². The van der Waals surface area contributed by atoms with Gasteiger partial charge in [-0.1, -0.05) is 6.92 Å². The number of ketones is 1. The van der Waals surface area contributed by atoms with Gasteiger partial charge >= 0.3 is 0 Å². The van der Waals surface area contributed by atoms with Gasteiger partial charge in [0, 0.05) is 36.5 Å². The number of hydrogen-bond acceptors (Lipinski definition) is 3. The minimum atomic E-state index is 0.186. The summed E-state index contributed by atoms with van der Waals surface area (Å²) < 4.78 is 2.04. The molecule has 2 aromatic rings. The first-order valence-corrected chi connectivity index (χ1v) is 7.48. The van der Waals surface area contributed by atoms with Crippen LogP contribution in [-0.2, 0) is 6.54 Å². The molecule has 0 spiro atoms. The Labute approximate surface area is 126 Å². The van der Waals surface area contributed by atoms with Crippen LogP contribution in [0.2, 0.25) is 0 Å². The van der Waals surface area contributed by atoms with E-state index in [2.05, 4.69) is 23.4 Å². The summed E-state index contributed by atoms with van der Waals surface area (Å²) in [6, 6.07) is 9.79. The maximum Gasteiger partial charge on any atom is 0.162 e. The molecule has 4 nitrogen and oxygen atoms in total. The fraction of sp³-hybridized carbons (Fsp3) is 0.412. The quantitative estimate of drug-likeness (QED) is 0.624. The molecular weight excluding hydrogens is 262 g/mol. The average molecular weight is 285 g/mol. The number of nitrogens with zero attached hydrogens (tertiary/aromatic N) is 2. The first-order valence-electron chi connectivity index (χ1n) is 7.48. The third-order valence-corrected chi connectivity index (χ3v) is 3.51. The zero-order valence-electron chi connectivity index (χ0n) is 13.0. The van der Waals surface area contributed by atoms with Crippen LogP contribution in [0.1, 0.15) is 41.5 Å². The van der Waals surface area contributed by atoms with Gasteiger partial charge in [-0.25, -0.2) is 0 Å². The summed E-state index contributed by atoms with van der Waals surface area (Å²) in [7, 11) is 0. The summed E-state index contributed by atoms with van der Waals surface area (Å²) in [6.45, 7) is 7.78. The molecule has 112 valence electrons. The third kappa shape index (κ3) is 4.18. The Bertz CT molecular complexity index is 599. The Morgan fingerprint density at radius 3 is 2.52 bits per heavy atom. The van der Waals surface area contributed by atoms with Gasteiger partial charge in [0.15, 0.2) is 5.78 Å². The van der Waals surface area contributed by atoms with E-state index in [9.17, 15) is 4.79 Å². The smallest absolute Gasteiger partial charge is 0.162 e. The number of anilines is 1. The van der Waals surface area contributed by atoms with Gasteiger partial charge in [0.2, 0.25) is 0 Å². The van der Waals surface area contributed by atoms with Crippen molar-refractivity contribution in [3.8, 4) is 0 Å². The molecule has 1 heterocycles. The lowest BCUT2D eigenvalue weighted by atomic mass is 10.1. The molecule has 0 radical (unpaired) electrons. The highest BCUT2D eigenvalue weighted by molar-refractivity contribution is 5.96. The average Bonchev–Trinajstić information content (AvgIpc) is 2.81. The molecule has 0 unspecified atom stereocenters. The lowest BCUT2D eigenvalue weighted by Gasteiger charge is -2.08. The maximum absolute atomic E-state index is 11.5. The van der Waals surface area contributed by atoms with Crippen LogP contribution in [0.25, 0.3) is 0 Å². The Balaban J connectivity index is 1.78. The highest BCUT2D eigenvalue weighted by atomic mass is 16.1. The van der Waals surface area contributed by atoms with E-state index in [1.54, 1.807) is 0 Å². The number of aryl methyl sites for hydroxylation is 3. The molecule has 1 aromatic carbocycles. The van der Waals surface area contributed by atoms with Crippen molar-refractivity contribution in [1.29, 1.82) is 0 Å². The Kier molecular flexibility index (Phi) is 5.14. The van der Waals surface area contributed by atoms with Gasteiger partial charge in [0.05, 0.1) is 5.69 Å². The molecule has 0 aliphatic carbocycles. The minimum absolute atomic E-state index is 0.186. The van der Waals surface area contributed by atoms with E-state index < -0.39 is 0 Å². The number of rotatable bonds is 7. The van der Waals surface area contributed by atoms with Gasteiger partial charge in [-0.15, -0.1) is 0 Å². The first-order chi connectivity index (χ1) is 10.1. The standard InChI is InChI=1S/C17H23N3O/c1-4-17(21)15-6-8-16(9-7-15)18-10-5-11-20-14(3)12-13(2)19-20/h6-9,12,18H,4-5,10-11H2,1-3H3. The second-order valence-electron chi connectivity index (χ2n) is 5.28. The summed E-state index contributed by atoms with van der Waals surface area (Å²) in [5.74, 6) is 0.186. The predicted octanol–water partition coefficient (Wildman–Crippen LogP) is 3.59. The van der Waals surface area contributed by atoms with E-state index >= 15 is 0 Å². The van der Waals surface area contributed by atoms with Crippen molar-refractivity contribution in [2.45, 2.75) is 40.2 Å². The lowest BCUT2D eigenvalue weighted by Crippen LogP contribution is -2.09. The molecule has 1 N–H and O–H groups in total. The second kappa shape index (κ2) is 7.07. The molecule has 0 atom stereocenters. The van der Waals surface area contributed by atoms with Crippen LogP contribution in [0, 0.1) is 13.8 Å². The SMILES string of the molecule is CCC(=O)c1ccc(NCCCn2nc(C)cc2C)cc1. The highest BCUT2D eigenvalue weighted by Gasteiger charge is 2.03. The molecular formula is C17H23N3O. The van der Waals surface area contributed by atoms with Crippen molar-refractivity contribution >= 4 is 11.5 Å². The van der Waals surface area contributed by atoms with Gasteiger partial charge in [0.25, 0.3) is 0 Å². The molecule has 0 aliphatic heterocycles. The number of nitrogens with one attached hydrogen (secondary N) is 1. The van der Waals surface area contributed by atoms with Gasteiger partial charge in [-0.3, -0.25) is 9.48 Å². The normalized spacial score (nSPS) is 10.6. The van der Waals surface area contributed by atoms with Crippen molar-refractivity contribution in [3.63, 3.8) is 0 Å². The second-order valence-corrected chi connectivity index (χ2v) is 5.28.